The van der Waals surface area contributed by atoms with E-state index in [0.717, 1.165) is 32.0 Å². The first-order valence-corrected chi connectivity index (χ1v) is 8.63. The molecule has 1 saturated carbocycles. The molecule has 0 aromatic carbocycles. The lowest BCUT2D eigenvalue weighted by Crippen LogP contribution is -2.54. The Hall–Kier alpha value is -1.49. The van der Waals surface area contributed by atoms with Crippen molar-refractivity contribution in [3.8, 4) is 0 Å². The number of hydrogen-bond donors (Lipinski definition) is 0. The predicted octanol–water partition coefficient (Wildman–Crippen LogP) is 2.75. The lowest BCUT2D eigenvalue weighted by atomic mass is 9.81. The molecule has 1 aliphatic carbocycles. The van der Waals surface area contributed by atoms with Gasteiger partial charge in [0.1, 0.15) is 12.3 Å². The maximum absolute atomic E-state index is 12.5. The van der Waals surface area contributed by atoms with E-state index in [1.807, 2.05) is 17.7 Å². The van der Waals surface area contributed by atoms with Gasteiger partial charge in [0.25, 0.3) is 0 Å². The van der Waals surface area contributed by atoms with E-state index in [9.17, 15) is 4.79 Å². The van der Waals surface area contributed by atoms with Crippen LogP contribution in [0.2, 0.25) is 0 Å². The number of carbonyl (C=O) groups excluding carboxylic acids is 2. The Kier molecular flexibility index (Phi) is 5.74. The van der Waals surface area contributed by atoms with Gasteiger partial charge in [0.05, 0.1) is 0 Å². The van der Waals surface area contributed by atoms with Gasteiger partial charge in [-0.25, -0.2) is 0 Å². The van der Waals surface area contributed by atoms with E-state index in [-0.39, 0.29) is 5.78 Å². The van der Waals surface area contributed by atoms with Gasteiger partial charge in [-0.05, 0) is 44.6 Å². The fraction of sp³-hybridized carbons (Fsp3) is 0.722. The van der Waals surface area contributed by atoms with Crippen LogP contribution in [0, 0.1) is 0 Å². The molecule has 128 valence electrons. The summed E-state index contributed by atoms with van der Waals surface area (Å²) in [5, 5.41) is 4.54. The van der Waals surface area contributed by atoms with Gasteiger partial charge < -0.3 is 9.69 Å². The lowest BCUT2D eigenvalue weighted by molar-refractivity contribution is -0.129. The van der Waals surface area contributed by atoms with Crippen LogP contribution in [0.3, 0.4) is 0 Å². The number of nitrogens with zero attached hydrogens (tertiary/aromatic N) is 3. The zero-order chi connectivity index (χ0) is 17.0. The highest BCUT2D eigenvalue weighted by molar-refractivity contribution is 5.84. The molecule has 5 nitrogen and oxygen atoms in total. The third-order valence-corrected chi connectivity index (χ3v) is 5.54. The van der Waals surface area contributed by atoms with E-state index >= 15 is 0 Å². The molecule has 23 heavy (non-hydrogen) atoms. The van der Waals surface area contributed by atoms with Crippen molar-refractivity contribution in [3.05, 3.63) is 18.0 Å². The Morgan fingerprint density at radius 2 is 1.91 bits per heavy atom. The van der Waals surface area contributed by atoms with Crippen molar-refractivity contribution >= 4 is 12.6 Å². The van der Waals surface area contributed by atoms with Crippen molar-refractivity contribution < 1.29 is 9.59 Å². The summed E-state index contributed by atoms with van der Waals surface area (Å²) < 4.78 is 2.04. The number of rotatable bonds is 4. The van der Waals surface area contributed by atoms with Gasteiger partial charge in [-0.15, -0.1) is 0 Å². The zero-order valence-corrected chi connectivity index (χ0v) is 14.6. The van der Waals surface area contributed by atoms with Crippen LogP contribution in [-0.4, -0.2) is 46.4 Å². The second-order valence-corrected chi connectivity index (χ2v) is 7.03. The molecule has 0 radical (unpaired) electrons. The molecule has 0 spiro atoms. The molecule has 1 aliphatic heterocycles. The fourth-order valence-electron chi connectivity index (χ4n) is 3.83. The smallest absolute Gasteiger partial charge is 0.157 e. The highest BCUT2D eigenvalue weighted by Gasteiger charge is 2.44. The normalized spacial score (nSPS) is 21.4. The number of ketones is 1. The van der Waals surface area contributed by atoms with E-state index < -0.39 is 5.54 Å². The predicted molar refractivity (Wildman–Crippen MR) is 90.5 cm³/mol. The average Bonchev–Trinajstić information content (AvgIpc) is 2.98. The Bertz CT molecular complexity index is 526. The Morgan fingerprint density at radius 3 is 2.35 bits per heavy atom. The molecule has 2 heterocycles. The second kappa shape index (κ2) is 7.39. The van der Waals surface area contributed by atoms with Gasteiger partial charge in [-0.2, -0.15) is 5.10 Å². The summed E-state index contributed by atoms with van der Waals surface area (Å²) in [6, 6.07) is 2.84. The molecule has 3 rings (SSSR count). The van der Waals surface area contributed by atoms with E-state index in [1.54, 1.807) is 6.92 Å². The summed E-state index contributed by atoms with van der Waals surface area (Å²) in [6.07, 6.45) is 7.70. The standard InChI is InChI=1S/C17H27N3O.CH2O/c1-13(2)16-7-10-18-20(16)17(14(3)21)8-11-19(12-9-17)15-5-4-6-15;1-2/h7,10,13,15H,4-6,8-9,11-12H2,1-3H3;1H2. The first kappa shape index (κ1) is 17.9. The average molecular weight is 319 g/mol. The van der Waals surface area contributed by atoms with E-state index in [2.05, 4.69) is 29.9 Å². The van der Waals surface area contributed by atoms with Gasteiger partial charge in [-0.3, -0.25) is 9.48 Å². The molecule has 0 N–H and O–H groups in total. The third-order valence-electron chi connectivity index (χ3n) is 5.54. The van der Waals surface area contributed by atoms with Crippen LogP contribution in [0.25, 0.3) is 0 Å². The zero-order valence-electron chi connectivity index (χ0n) is 14.6. The fourth-order valence-corrected chi connectivity index (χ4v) is 3.83. The van der Waals surface area contributed by atoms with Crippen LogP contribution >= 0.6 is 0 Å². The summed E-state index contributed by atoms with van der Waals surface area (Å²) in [5.41, 5.74) is 0.769. The second-order valence-electron chi connectivity index (χ2n) is 7.03. The Labute approximate surface area is 139 Å². The molecule has 0 amide bonds. The maximum Gasteiger partial charge on any atom is 0.157 e. The van der Waals surface area contributed by atoms with Crippen molar-refractivity contribution in [1.82, 2.24) is 14.7 Å². The first-order valence-electron chi connectivity index (χ1n) is 8.63. The monoisotopic (exact) mass is 319 g/mol. The van der Waals surface area contributed by atoms with E-state index in [0.29, 0.717) is 5.92 Å². The Morgan fingerprint density at radius 1 is 1.30 bits per heavy atom. The van der Waals surface area contributed by atoms with Gasteiger partial charge in [0, 0.05) is 31.0 Å². The molecule has 2 aliphatic rings. The van der Waals surface area contributed by atoms with Gasteiger partial charge >= 0.3 is 0 Å². The first-order chi connectivity index (χ1) is 11.0. The molecule has 0 unspecified atom stereocenters. The molecular weight excluding hydrogens is 290 g/mol. The molecule has 1 aromatic rings. The van der Waals surface area contributed by atoms with Crippen molar-refractivity contribution in [3.63, 3.8) is 0 Å². The van der Waals surface area contributed by atoms with Crippen LogP contribution in [0.4, 0.5) is 0 Å². The summed E-state index contributed by atoms with van der Waals surface area (Å²) in [4.78, 5) is 23.1. The van der Waals surface area contributed by atoms with Crippen LogP contribution in [0.5, 0.6) is 0 Å². The van der Waals surface area contributed by atoms with E-state index in [4.69, 9.17) is 4.79 Å². The van der Waals surface area contributed by atoms with Crippen molar-refractivity contribution in [2.75, 3.05) is 13.1 Å². The third kappa shape index (κ3) is 3.25. The molecular formula is C18H29N3O2. The summed E-state index contributed by atoms with van der Waals surface area (Å²) >= 11 is 0. The highest BCUT2D eigenvalue weighted by atomic mass is 16.1. The lowest BCUT2D eigenvalue weighted by Gasteiger charge is -2.46. The summed E-state index contributed by atoms with van der Waals surface area (Å²) in [6.45, 7) is 10.1. The minimum absolute atomic E-state index is 0.265. The molecule has 1 aromatic heterocycles. The molecule has 5 heteroatoms. The maximum atomic E-state index is 12.5. The molecule has 1 saturated heterocycles. The molecule has 0 atom stereocenters. The van der Waals surface area contributed by atoms with E-state index in [1.165, 1.54) is 25.0 Å². The molecule has 2 fully saturated rings. The summed E-state index contributed by atoms with van der Waals surface area (Å²) in [5.74, 6) is 0.662. The van der Waals surface area contributed by atoms with Crippen molar-refractivity contribution in [2.45, 2.75) is 70.4 Å². The largest absolute Gasteiger partial charge is 0.307 e. The highest BCUT2D eigenvalue weighted by Crippen LogP contribution is 2.36. The van der Waals surface area contributed by atoms with Crippen LogP contribution in [0.15, 0.2) is 12.3 Å². The van der Waals surface area contributed by atoms with Crippen molar-refractivity contribution in [2.24, 2.45) is 0 Å². The van der Waals surface area contributed by atoms with Crippen molar-refractivity contribution in [1.29, 1.82) is 0 Å². The summed E-state index contributed by atoms with van der Waals surface area (Å²) in [7, 11) is 0. The Balaban J connectivity index is 0.000000924. The quantitative estimate of drug-likeness (QED) is 0.856. The number of piperidine rings is 1. The minimum Gasteiger partial charge on any atom is -0.307 e. The van der Waals surface area contributed by atoms with Gasteiger partial charge in [0.2, 0.25) is 0 Å². The molecule has 0 bridgehead atoms. The van der Waals surface area contributed by atoms with Crippen LogP contribution < -0.4 is 0 Å². The van der Waals surface area contributed by atoms with Crippen LogP contribution in [0.1, 0.15) is 64.5 Å². The number of Topliss-reactive ketones (excluding diaryl/α,β-unsaturated/α-hetero) is 1. The van der Waals surface area contributed by atoms with Crippen LogP contribution in [-0.2, 0) is 15.1 Å². The number of hydrogen-bond acceptors (Lipinski definition) is 4. The van der Waals surface area contributed by atoms with Gasteiger partial charge in [-0.1, -0.05) is 20.3 Å². The van der Waals surface area contributed by atoms with Gasteiger partial charge in [0.15, 0.2) is 5.78 Å². The topological polar surface area (TPSA) is 55.2 Å². The SMILES string of the molecule is C=O.CC(=O)C1(n2nccc2C(C)C)CCN(C2CCC2)CC1. The number of carbonyl (C=O) groups is 2. The number of aromatic nitrogens is 2. The minimum atomic E-state index is -0.413. The number of likely N-dealkylation sites (tertiary alicyclic amines) is 1.